The average Bonchev–Trinajstić information content (AvgIpc) is 2.37. The van der Waals surface area contributed by atoms with E-state index >= 15 is 0 Å². The number of anilines is 1. The van der Waals surface area contributed by atoms with Crippen molar-refractivity contribution in [3.63, 3.8) is 0 Å². The van der Waals surface area contributed by atoms with E-state index in [4.69, 9.17) is 0 Å². The first-order valence-electron chi connectivity index (χ1n) is 5.55. The molecule has 0 fully saturated rings. The molecule has 0 spiro atoms. The van der Waals surface area contributed by atoms with Crippen LogP contribution in [0.1, 0.15) is 0 Å². The van der Waals surface area contributed by atoms with Crippen molar-refractivity contribution in [1.29, 1.82) is 0 Å². The Balaban J connectivity index is 2.67. The molecular formula is C10H14BrF2N3O3S. The van der Waals surface area contributed by atoms with Crippen LogP contribution in [0, 0.1) is 0 Å². The second-order valence-electron chi connectivity index (χ2n) is 3.61. The van der Waals surface area contributed by atoms with E-state index in [2.05, 4.69) is 35.7 Å². The molecule has 1 aromatic rings. The predicted octanol–water partition coefficient (Wildman–Crippen LogP) is 1.45. The molecule has 0 amide bonds. The summed E-state index contributed by atoms with van der Waals surface area (Å²) in [4.78, 5) is 3.88. The molecule has 6 nitrogen and oxygen atoms in total. The molecule has 0 aliphatic carbocycles. The Hall–Kier alpha value is -0.840. The minimum atomic E-state index is -3.80. The summed E-state index contributed by atoms with van der Waals surface area (Å²) in [5.74, 6) is 0.189. The number of ether oxygens (including phenoxy) is 1. The highest BCUT2D eigenvalue weighted by Gasteiger charge is 2.19. The minimum Gasteiger partial charge on any atom is -0.374 e. The molecule has 0 bridgehead atoms. The maximum Gasteiger partial charge on any atom is 0.261 e. The van der Waals surface area contributed by atoms with E-state index in [0.29, 0.717) is 4.47 Å². The molecule has 10 heteroatoms. The Morgan fingerprint density at radius 1 is 1.50 bits per heavy atom. The first-order chi connectivity index (χ1) is 9.36. The van der Waals surface area contributed by atoms with Gasteiger partial charge in [-0.15, -0.1) is 0 Å². The smallest absolute Gasteiger partial charge is 0.261 e. The number of rotatable bonds is 8. The average molecular weight is 374 g/mol. The number of pyridine rings is 1. The zero-order chi connectivity index (χ0) is 15.2. The summed E-state index contributed by atoms with van der Waals surface area (Å²) < 4.78 is 55.1. The van der Waals surface area contributed by atoms with Gasteiger partial charge in [-0.1, -0.05) is 0 Å². The number of nitrogens with zero attached hydrogens (tertiary/aromatic N) is 1. The minimum absolute atomic E-state index is 0.0387. The van der Waals surface area contributed by atoms with Gasteiger partial charge in [0.25, 0.3) is 6.43 Å². The molecule has 114 valence electrons. The third kappa shape index (κ3) is 5.27. The molecule has 0 aliphatic heterocycles. The zero-order valence-corrected chi connectivity index (χ0v) is 13.0. The van der Waals surface area contributed by atoms with Gasteiger partial charge in [0, 0.05) is 24.3 Å². The Morgan fingerprint density at radius 2 is 2.20 bits per heavy atom. The molecule has 20 heavy (non-hydrogen) atoms. The van der Waals surface area contributed by atoms with Crippen molar-refractivity contribution in [2.75, 3.05) is 32.1 Å². The first-order valence-corrected chi connectivity index (χ1v) is 7.83. The second kappa shape index (κ2) is 7.81. The molecule has 1 rings (SSSR count). The van der Waals surface area contributed by atoms with Crippen molar-refractivity contribution < 1.29 is 21.9 Å². The SMILES string of the molecule is CNc1ncc(Br)cc1S(=O)(=O)NCCOCC(F)F. The topological polar surface area (TPSA) is 80.3 Å². The van der Waals surface area contributed by atoms with Gasteiger partial charge in [0.1, 0.15) is 17.3 Å². The standard InChI is InChI=1S/C10H14BrF2N3O3S/c1-14-10-8(4-7(11)5-15-10)20(17,18)16-2-3-19-6-9(12)13/h4-5,9,16H,2-3,6H2,1H3,(H,14,15). The molecule has 0 aromatic carbocycles. The maximum atomic E-state index is 12.0. The Bertz CT molecular complexity index is 543. The fourth-order valence-electron chi connectivity index (χ4n) is 1.31. The maximum absolute atomic E-state index is 12.0. The van der Waals surface area contributed by atoms with Crippen molar-refractivity contribution in [2.45, 2.75) is 11.3 Å². The van der Waals surface area contributed by atoms with Crippen LogP contribution < -0.4 is 10.0 Å². The van der Waals surface area contributed by atoms with Crippen LogP contribution >= 0.6 is 15.9 Å². The van der Waals surface area contributed by atoms with Crippen molar-refractivity contribution in [3.05, 3.63) is 16.7 Å². The number of halogens is 3. The van der Waals surface area contributed by atoms with Crippen LogP contribution in [-0.4, -0.2) is 46.6 Å². The van der Waals surface area contributed by atoms with Gasteiger partial charge >= 0.3 is 0 Å². The molecule has 0 aliphatic rings. The van der Waals surface area contributed by atoms with Crippen LogP contribution in [0.25, 0.3) is 0 Å². The van der Waals surface area contributed by atoms with Gasteiger partial charge in [-0.2, -0.15) is 0 Å². The second-order valence-corrected chi connectivity index (χ2v) is 6.27. The number of nitrogens with one attached hydrogen (secondary N) is 2. The van der Waals surface area contributed by atoms with Gasteiger partial charge in [0.05, 0.1) is 6.61 Å². The summed E-state index contributed by atoms with van der Waals surface area (Å²) in [6.45, 7) is -0.966. The van der Waals surface area contributed by atoms with E-state index in [-0.39, 0.29) is 23.9 Å². The van der Waals surface area contributed by atoms with Crippen molar-refractivity contribution in [3.8, 4) is 0 Å². The summed E-state index contributed by atoms with van der Waals surface area (Å²) in [7, 11) is -2.26. The van der Waals surface area contributed by atoms with Crippen LogP contribution in [-0.2, 0) is 14.8 Å². The van der Waals surface area contributed by atoms with Crippen molar-refractivity contribution in [1.82, 2.24) is 9.71 Å². The van der Waals surface area contributed by atoms with E-state index in [1.165, 1.54) is 12.3 Å². The van der Waals surface area contributed by atoms with Gasteiger partial charge < -0.3 is 10.1 Å². The molecule has 0 saturated heterocycles. The third-order valence-corrected chi connectivity index (χ3v) is 4.04. The first kappa shape index (κ1) is 17.2. The van der Waals surface area contributed by atoms with Crippen molar-refractivity contribution in [2.24, 2.45) is 0 Å². The summed E-state index contributed by atoms with van der Waals surface area (Å²) in [5, 5.41) is 2.66. The lowest BCUT2D eigenvalue weighted by atomic mass is 10.4. The molecule has 0 atom stereocenters. The predicted molar refractivity (Wildman–Crippen MR) is 73.5 cm³/mol. The number of aromatic nitrogens is 1. The van der Waals surface area contributed by atoms with Crippen LogP contribution in [0.15, 0.2) is 21.6 Å². The molecular weight excluding hydrogens is 360 g/mol. The van der Waals surface area contributed by atoms with Gasteiger partial charge in [0.2, 0.25) is 10.0 Å². The highest BCUT2D eigenvalue weighted by Crippen LogP contribution is 2.22. The Labute approximate surface area is 124 Å². The number of hydrogen-bond donors (Lipinski definition) is 2. The largest absolute Gasteiger partial charge is 0.374 e. The molecule has 0 radical (unpaired) electrons. The highest BCUT2D eigenvalue weighted by molar-refractivity contribution is 9.10. The van der Waals surface area contributed by atoms with E-state index < -0.39 is 23.1 Å². The lowest BCUT2D eigenvalue weighted by Gasteiger charge is -2.11. The fraction of sp³-hybridized carbons (Fsp3) is 0.500. The van der Waals surface area contributed by atoms with Gasteiger partial charge in [-0.3, -0.25) is 0 Å². The number of sulfonamides is 1. The highest BCUT2D eigenvalue weighted by atomic mass is 79.9. The number of hydrogen-bond acceptors (Lipinski definition) is 5. The molecule has 2 N–H and O–H groups in total. The van der Waals surface area contributed by atoms with Crippen LogP contribution in [0.3, 0.4) is 0 Å². The lowest BCUT2D eigenvalue weighted by molar-refractivity contribution is 0.0199. The van der Waals surface area contributed by atoms with Crippen LogP contribution in [0.5, 0.6) is 0 Å². The Morgan fingerprint density at radius 3 is 2.80 bits per heavy atom. The normalized spacial score (nSPS) is 11.8. The van der Waals surface area contributed by atoms with Crippen LogP contribution in [0.4, 0.5) is 14.6 Å². The van der Waals surface area contributed by atoms with Gasteiger partial charge in [0.15, 0.2) is 0 Å². The molecule has 1 aromatic heterocycles. The molecule has 0 unspecified atom stereocenters. The fourth-order valence-corrected chi connectivity index (χ4v) is 2.99. The van der Waals surface area contributed by atoms with Crippen LogP contribution in [0.2, 0.25) is 0 Å². The Kier molecular flexibility index (Phi) is 6.72. The zero-order valence-electron chi connectivity index (χ0n) is 10.6. The molecule has 0 saturated carbocycles. The summed E-state index contributed by atoms with van der Waals surface area (Å²) in [5.41, 5.74) is 0. The molecule has 1 heterocycles. The summed E-state index contributed by atoms with van der Waals surface area (Å²) in [6.07, 6.45) is -1.12. The van der Waals surface area contributed by atoms with E-state index in [9.17, 15) is 17.2 Å². The van der Waals surface area contributed by atoms with Crippen molar-refractivity contribution >= 4 is 31.8 Å². The van der Waals surface area contributed by atoms with E-state index in [0.717, 1.165) is 0 Å². The van der Waals surface area contributed by atoms with E-state index in [1.807, 2.05) is 0 Å². The number of alkyl halides is 2. The van der Waals surface area contributed by atoms with E-state index in [1.54, 1.807) is 7.05 Å². The lowest BCUT2D eigenvalue weighted by Crippen LogP contribution is -2.28. The monoisotopic (exact) mass is 373 g/mol. The summed E-state index contributed by atoms with van der Waals surface area (Å²) in [6, 6.07) is 1.39. The van der Waals surface area contributed by atoms with Gasteiger partial charge in [-0.05, 0) is 22.0 Å². The summed E-state index contributed by atoms with van der Waals surface area (Å²) >= 11 is 3.14. The van der Waals surface area contributed by atoms with Gasteiger partial charge in [-0.25, -0.2) is 26.9 Å². The quantitative estimate of drug-likeness (QED) is 0.674. The third-order valence-electron chi connectivity index (χ3n) is 2.13.